The van der Waals surface area contributed by atoms with E-state index in [0.717, 1.165) is 11.1 Å². The molecule has 0 N–H and O–H groups in total. The summed E-state index contributed by atoms with van der Waals surface area (Å²) in [7, 11) is 0. The Kier molecular flexibility index (Phi) is 5.23. The van der Waals surface area contributed by atoms with Gasteiger partial charge >= 0.3 is 0 Å². The predicted molar refractivity (Wildman–Crippen MR) is 95.7 cm³/mol. The lowest BCUT2D eigenvalue weighted by Gasteiger charge is -2.18. The zero-order chi connectivity index (χ0) is 17.6. The molecule has 0 atom stereocenters. The van der Waals surface area contributed by atoms with Crippen LogP contribution in [-0.4, -0.2) is 27.5 Å². The van der Waals surface area contributed by atoms with E-state index >= 15 is 0 Å². The van der Waals surface area contributed by atoms with Gasteiger partial charge in [0.15, 0.2) is 0 Å². The minimum absolute atomic E-state index is 0.0471. The molecule has 1 aromatic heterocycles. The van der Waals surface area contributed by atoms with Crippen LogP contribution in [0.25, 0.3) is 11.4 Å². The third-order valence-corrected chi connectivity index (χ3v) is 4.04. The van der Waals surface area contributed by atoms with Crippen molar-refractivity contribution < 1.29 is 9.32 Å². The van der Waals surface area contributed by atoms with Crippen LogP contribution in [0.15, 0.2) is 59.1 Å². The molecule has 3 rings (SSSR count). The fourth-order valence-corrected chi connectivity index (χ4v) is 2.56. The quantitative estimate of drug-likeness (QED) is 0.690. The largest absolute Gasteiger partial charge is 0.337 e. The van der Waals surface area contributed by atoms with Gasteiger partial charge < -0.3 is 9.42 Å². The summed E-state index contributed by atoms with van der Waals surface area (Å²) < 4.78 is 5.31. The Labute approximate surface area is 147 Å². The summed E-state index contributed by atoms with van der Waals surface area (Å²) >= 11 is 0. The Morgan fingerprint density at radius 2 is 1.80 bits per heavy atom. The summed E-state index contributed by atoms with van der Waals surface area (Å²) in [5.41, 5.74) is 3.08. The van der Waals surface area contributed by atoms with Crippen molar-refractivity contribution in [3.63, 3.8) is 0 Å². The van der Waals surface area contributed by atoms with Crippen LogP contribution >= 0.6 is 0 Å². The summed E-state index contributed by atoms with van der Waals surface area (Å²) in [5, 5.41) is 4.00. The molecule has 0 unspecified atom stereocenters. The molecule has 1 amide bonds. The van der Waals surface area contributed by atoms with Gasteiger partial charge in [-0.05, 0) is 19.4 Å². The summed E-state index contributed by atoms with van der Waals surface area (Å²) in [4.78, 5) is 18.7. The average Bonchev–Trinajstić information content (AvgIpc) is 3.11. The molecule has 0 saturated heterocycles. The number of hydrogen-bond donors (Lipinski definition) is 0. The molecule has 25 heavy (non-hydrogen) atoms. The fourth-order valence-electron chi connectivity index (χ4n) is 2.56. The number of aromatic nitrogens is 2. The molecule has 5 heteroatoms. The van der Waals surface area contributed by atoms with E-state index in [1.54, 1.807) is 4.90 Å². The van der Waals surface area contributed by atoms with E-state index < -0.39 is 0 Å². The molecule has 1 heterocycles. The van der Waals surface area contributed by atoms with E-state index in [1.165, 1.54) is 5.56 Å². The van der Waals surface area contributed by atoms with Crippen molar-refractivity contribution in [3.05, 3.63) is 71.6 Å². The van der Waals surface area contributed by atoms with Crippen molar-refractivity contribution in [2.45, 2.75) is 26.8 Å². The molecule has 0 saturated carbocycles. The smallest absolute Gasteiger partial charge is 0.246 e. The minimum atomic E-state index is 0.0471. The Morgan fingerprint density at radius 1 is 1.08 bits per heavy atom. The van der Waals surface area contributed by atoms with Gasteiger partial charge in [-0.15, -0.1) is 0 Å². The maximum atomic E-state index is 12.5. The molecule has 2 aromatic carbocycles. The maximum absolute atomic E-state index is 12.5. The Hall–Kier alpha value is -2.95. The van der Waals surface area contributed by atoms with E-state index in [4.69, 9.17) is 4.52 Å². The van der Waals surface area contributed by atoms with E-state index in [1.807, 2.05) is 68.4 Å². The topological polar surface area (TPSA) is 59.2 Å². The number of benzene rings is 2. The van der Waals surface area contributed by atoms with Crippen molar-refractivity contribution in [1.82, 2.24) is 15.0 Å². The van der Waals surface area contributed by atoms with E-state index in [9.17, 15) is 4.79 Å². The highest BCUT2D eigenvalue weighted by molar-refractivity contribution is 5.78. The first-order chi connectivity index (χ1) is 12.2. The van der Waals surface area contributed by atoms with Crippen LogP contribution in [0, 0.1) is 6.92 Å². The number of nitrogens with zero attached hydrogens (tertiary/aromatic N) is 3. The molecule has 0 aliphatic rings. The third-order valence-electron chi connectivity index (χ3n) is 4.04. The lowest BCUT2D eigenvalue weighted by Crippen LogP contribution is -2.31. The van der Waals surface area contributed by atoms with Crippen LogP contribution in [0.2, 0.25) is 0 Å². The summed E-state index contributed by atoms with van der Waals surface area (Å²) in [6.45, 7) is 4.89. The molecule has 0 spiro atoms. The number of amides is 1. The second-order valence-corrected chi connectivity index (χ2v) is 5.95. The van der Waals surface area contributed by atoms with E-state index in [-0.39, 0.29) is 5.91 Å². The van der Waals surface area contributed by atoms with Crippen molar-refractivity contribution in [2.75, 3.05) is 6.54 Å². The first kappa shape index (κ1) is 16.9. The van der Waals surface area contributed by atoms with Gasteiger partial charge in [0.2, 0.25) is 17.6 Å². The van der Waals surface area contributed by atoms with Crippen molar-refractivity contribution >= 4 is 5.91 Å². The molecule has 0 bridgehead atoms. The monoisotopic (exact) mass is 335 g/mol. The number of likely N-dealkylation sites (N-methyl/N-ethyl adjacent to an activating group) is 1. The number of hydrogen-bond acceptors (Lipinski definition) is 4. The zero-order valence-electron chi connectivity index (χ0n) is 14.5. The second-order valence-electron chi connectivity index (χ2n) is 5.95. The van der Waals surface area contributed by atoms with Gasteiger partial charge in [0, 0.05) is 12.1 Å². The van der Waals surface area contributed by atoms with E-state index in [0.29, 0.717) is 31.2 Å². The normalized spacial score (nSPS) is 10.6. The van der Waals surface area contributed by atoms with Crippen LogP contribution in [-0.2, 0) is 17.8 Å². The Morgan fingerprint density at radius 3 is 2.48 bits per heavy atom. The molecule has 0 radical (unpaired) electrons. The van der Waals surface area contributed by atoms with Crippen LogP contribution in [0.4, 0.5) is 0 Å². The van der Waals surface area contributed by atoms with Gasteiger partial charge in [-0.1, -0.05) is 65.3 Å². The number of carbonyl (C=O) groups excluding carboxylic acids is 1. The van der Waals surface area contributed by atoms with Gasteiger partial charge in [0.05, 0.1) is 13.0 Å². The predicted octanol–water partition coefficient (Wildman–Crippen LogP) is 3.64. The highest BCUT2D eigenvalue weighted by Crippen LogP contribution is 2.16. The Balaban J connectivity index is 1.66. The van der Waals surface area contributed by atoms with Gasteiger partial charge in [0.1, 0.15) is 0 Å². The Bertz CT molecular complexity index is 826. The zero-order valence-corrected chi connectivity index (χ0v) is 14.5. The standard InChI is InChI=1S/C20H21N3O2/c1-3-23(19(24)13-16-11-9-15(2)10-12-16)14-18-21-20(22-25-18)17-7-5-4-6-8-17/h4-12H,3,13-14H2,1-2H3. The molecule has 0 aliphatic carbocycles. The van der Waals surface area contributed by atoms with Crippen LogP contribution in [0.5, 0.6) is 0 Å². The van der Waals surface area contributed by atoms with Gasteiger partial charge in [-0.2, -0.15) is 4.98 Å². The molecule has 0 fully saturated rings. The summed E-state index contributed by atoms with van der Waals surface area (Å²) in [5.74, 6) is 1.03. The van der Waals surface area contributed by atoms with E-state index in [2.05, 4.69) is 10.1 Å². The molecule has 3 aromatic rings. The maximum Gasteiger partial charge on any atom is 0.246 e. The first-order valence-electron chi connectivity index (χ1n) is 8.37. The molecule has 0 aliphatic heterocycles. The first-order valence-corrected chi connectivity index (χ1v) is 8.37. The van der Waals surface area contributed by atoms with Crippen LogP contribution in [0.1, 0.15) is 23.9 Å². The molecular weight excluding hydrogens is 314 g/mol. The average molecular weight is 335 g/mol. The highest BCUT2D eigenvalue weighted by Gasteiger charge is 2.17. The number of rotatable bonds is 6. The van der Waals surface area contributed by atoms with Gasteiger partial charge in [-0.3, -0.25) is 4.79 Å². The minimum Gasteiger partial charge on any atom is -0.337 e. The third kappa shape index (κ3) is 4.32. The van der Waals surface area contributed by atoms with Crippen molar-refractivity contribution in [1.29, 1.82) is 0 Å². The van der Waals surface area contributed by atoms with Crippen LogP contribution in [0.3, 0.4) is 0 Å². The summed E-state index contributed by atoms with van der Waals surface area (Å²) in [6, 6.07) is 17.6. The SMILES string of the molecule is CCN(Cc1nc(-c2ccccc2)no1)C(=O)Cc1ccc(C)cc1. The second kappa shape index (κ2) is 7.75. The van der Waals surface area contributed by atoms with Gasteiger partial charge in [0.25, 0.3) is 0 Å². The molecular formula is C20H21N3O2. The lowest BCUT2D eigenvalue weighted by atomic mass is 10.1. The van der Waals surface area contributed by atoms with Gasteiger partial charge in [-0.25, -0.2) is 0 Å². The fraction of sp³-hybridized carbons (Fsp3) is 0.250. The summed E-state index contributed by atoms with van der Waals surface area (Å²) in [6.07, 6.45) is 0.369. The number of carbonyl (C=O) groups is 1. The molecule has 128 valence electrons. The van der Waals surface area contributed by atoms with Crippen molar-refractivity contribution in [3.8, 4) is 11.4 Å². The van der Waals surface area contributed by atoms with Crippen LogP contribution < -0.4 is 0 Å². The molecule has 5 nitrogen and oxygen atoms in total. The van der Waals surface area contributed by atoms with Crippen molar-refractivity contribution in [2.24, 2.45) is 0 Å². The number of aryl methyl sites for hydroxylation is 1. The lowest BCUT2D eigenvalue weighted by molar-refractivity contribution is -0.131. The highest BCUT2D eigenvalue weighted by atomic mass is 16.5.